The Kier molecular flexibility index (Phi) is 3.65. The van der Waals surface area contributed by atoms with E-state index in [2.05, 4.69) is 10.3 Å². The van der Waals surface area contributed by atoms with Gasteiger partial charge in [-0.05, 0) is 30.7 Å². The van der Waals surface area contributed by atoms with E-state index in [0.717, 1.165) is 5.56 Å². The van der Waals surface area contributed by atoms with Gasteiger partial charge in [0.2, 0.25) is 12.4 Å². The lowest BCUT2D eigenvalue weighted by molar-refractivity contribution is 0.0941. The number of benzene rings is 2. The molecule has 2 heterocycles. The number of ether oxygens (including phenoxy) is 2. The maximum atomic E-state index is 12.7. The summed E-state index contributed by atoms with van der Waals surface area (Å²) in [4.78, 5) is 27.3. The van der Waals surface area contributed by atoms with Crippen LogP contribution in [0.2, 0.25) is 0 Å². The summed E-state index contributed by atoms with van der Waals surface area (Å²) in [5.74, 6) is 1.07. The van der Waals surface area contributed by atoms with Crippen molar-refractivity contribution in [2.45, 2.75) is 13.0 Å². The lowest BCUT2D eigenvalue weighted by Crippen LogP contribution is -2.28. The van der Waals surface area contributed by atoms with Crippen LogP contribution in [-0.4, -0.2) is 17.7 Å². The number of carbonyl (C=O) groups excluding carboxylic acids is 1. The van der Waals surface area contributed by atoms with Crippen molar-refractivity contribution in [3.63, 3.8) is 0 Å². The van der Waals surface area contributed by atoms with Crippen LogP contribution >= 0.6 is 0 Å². The summed E-state index contributed by atoms with van der Waals surface area (Å²) >= 11 is 0. The molecule has 1 atom stereocenters. The highest BCUT2D eigenvalue weighted by molar-refractivity contribution is 6.06. The van der Waals surface area contributed by atoms with Crippen molar-refractivity contribution in [1.29, 1.82) is 0 Å². The fourth-order valence-corrected chi connectivity index (χ4v) is 2.93. The number of fused-ring (bicyclic) bond motifs is 2. The molecule has 0 bridgehead atoms. The van der Waals surface area contributed by atoms with Crippen LogP contribution in [0.4, 0.5) is 0 Å². The molecule has 0 aliphatic carbocycles. The molecule has 0 fully saturated rings. The van der Waals surface area contributed by atoms with Crippen molar-refractivity contribution in [1.82, 2.24) is 10.3 Å². The Morgan fingerprint density at radius 1 is 1.12 bits per heavy atom. The fraction of sp³-hybridized carbons (Fsp3) is 0.158. The van der Waals surface area contributed by atoms with Gasteiger partial charge >= 0.3 is 0 Å². The molecule has 2 N–H and O–H groups in total. The van der Waals surface area contributed by atoms with E-state index in [1.54, 1.807) is 6.07 Å². The van der Waals surface area contributed by atoms with E-state index >= 15 is 0 Å². The second-order valence-corrected chi connectivity index (χ2v) is 5.90. The van der Waals surface area contributed by atoms with Gasteiger partial charge in [-0.25, -0.2) is 0 Å². The Bertz CT molecular complexity index is 1030. The average Bonchev–Trinajstić information content (AvgIpc) is 3.08. The molecule has 6 heteroatoms. The number of hydrogen-bond donors (Lipinski definition) is 2. The average molecular weight is 336 g/mol. The van der Waals surface area contributed by atoms with Crippen LogP contribution in [0.3, 0.4) is 0 Å². The molecule has 1 amide bonds. The van der Waals surface area contributed by atoms with Crippen LogP contribution < -0.4 is 20.3 Å². The van der Waals surface area contributed by atoms with E-state index in [0.29, 0.717) is 28.0 Å². The summed E-state index contributed by atoms with van der Waals surface area (Å²) in [5.41, 5.74) is 1.58. The zero-order valence-electron chi connectivity index (χ0n) is 13.5. The van der Waals surface area contributed by atoms with Gasteiger partial charge in [0.1, 0.15) is 0 Å². The Morgan fingerprint density at radius 2 is 1.92 bits per heavy atom. The maximum absolute atomic E-state index is 12.7. The molecule has 1 aromatic heterocycles. The predicted molar refractivity (Wildman–Crippen MR) is 93.0 cm³/mol. The van der Waals surface area contributed by atoms with Gasteiger partial charge in [-0.1, -0.05) is 24.3 Å². The van der Waals surface area contributed by atoms with Crippen LogP contribution in [0.15, 0.2) is 53.3 Å². The van der Waals surface area contributed by atoms with E-state index in [-0.39, 0.29) is 24.3 Å². The lowest BCUT2D eigenvalue weighted by Gasteiger charge is -2.15. The number of para-hydroxylation sites is 1. The number of hydrogen-bond acceptors (Lipinski definition) is 4. The molecule has 0 saturated carbocycles. The van der Waals surface area contributed by atoms with Crippen molar-refractivity contribution in [3.8, 4) is 11.5 Å². The molecule has 126 valence electrons. The molecule has 25 heavy (non-hydrogen) atoms. The Labute approximate surface area is 143 Å². The minimum Gasteiger partial charge on any atom is -0.454 e. The van der Waals surface area contributed by atoms with Gasteiger partial charge < -0.3 is 19.8 Å². The Hall–Kier alpha value is -3.28. The van der Waals surface area contributed by atoms with E-state index in [4.69, 9.17) is 9.47 Å². The number of aromatic amines is 1. The zero-order valence-corrected chi connectivity index (χ0v) is 13.5. The van der Waals surface area contributed by atoms with E-state index in [1.807, 2.05) is 43.3 Å². The first-order valence-corrected chi connectivity index (χ1v) is 7.94. The summed E-state index contributed by atoms with van der Waals surface area (Å²) in [5, 5.41) is 3.64. The summed E-state index contributed by atoms with van der Waals surface area (Å²) in [6, 6.07) is 13.9. The molecular weight excluding hydrogens is 320 g/mol. The van der Waals surface area contributed by atoms with Gasteiger partial charge in [-0.15, -0.1) is 0 Å². The minimum absolute atomic E-state index is 0.207. The first kappa shape index (κ1) is 15.3. The minimum atomic E-state index is -0.306. The van der Waals surface area contributed by atoms with Crippen molar-refractivity contribution >= 4 is 16.8 Å². The Balaban J connectivity index is 1.63. The predicted octanol–water partition coefficient (Wildman–Crippen LogP) is 2.75. The van der Waals surface area contributed by atoms with E-state index in [9.17, 15) is 9.59 Å². The number of nitrogens with one attached hydrogen (secondary N) is 2. The van der Waals surface area contributed by atoms with Crippen molar-refractivity contribution in [2.24, 2.45) is 0 Å². The summed E-state index contributed by atoms with van der Waals surface area (Å²) < 4.78 is 10.7. The van der Waals surface area contributed by atoms with Crippen LogP contribution in [0.5, 0.6) is 11.5 Å². The Morgan fingerprint density at radius 3 is 2.80 bits per heavy atom. The SMILES string of the molecule is C[C@@H](NC(=O)c1cc(=O)[nH]c2ccccc12)c1ccc2c(c1)OCO2. The smallest absolute Gasteiger partial charge is 0.252 e. The number of H-pyrrole nitrogens is 1. The highest BCUT2D eigenvalue weighted by atomic mass is 16.7. The number of carbonyl (C=O) groups is 1. The van der Waals surface area contributed by atoms with Crippen molar-refractivity contribution in [2.75, 3.05) is 6.79 Å². The summed E-state index contributed by atoms with van der Waals surface area (Å²) in [7, 11) is 0. The highest BCUT2D eigenvalue weighted by Crippen LogP contribution is 2.34. The fourth-order valence-electron chi connectivity index (χ4n) is 2.93. The standard InChI is InChI=1S/C19H16N2O4/c1-11(12-6-7-16-17(8-12)25-10-24-16)20-19(23)14-9-18(22)21-15-5-3-2-4-13(14)15/h2-9,11H,10H2,1H3,(H,20,23)(H,21,22)/t11-/m1/s1. The van der Waals surface area contributed by atoms with Gasteiger partial charge in [0.05, 0.1) is 11.6 Å². The molecule has 6 nitrogen and oxygen atoms in total. The van der Waals surface area contributed by atoms with Crippen LogP contribution in [0.1, 0.15) is 28.9 Å². The molecule has 0 saturated heterocycles. The number of pyridine rings is 1. The largest absolute Gasteiger partial charge is 0.454 e. The maximum Gasteiger partial charge on any atom is 0.252 e. The third-order valence-electron chi connectivity index (χ3n) is 4.24. The zero-order chi connectivity index (χ0) is 17.4. The first-order valence-electron chi connectivity index (χ1n) is 7.94. The molecule has 0 unspecified atom stereocenters. The molecule has 0 spiro atoms. The number of aromatic nitrogens is 1. The topological polar surface area (TPSA) is 80.4 Å². The normalized spacial score (nSPS) is 13.6. The number of amides is 1. The van der Waals surface area contributed by atoms with Gasteiger partial charge in [0.25, 0.3) is 5.91 Å². The van der Waals surface area contributed by atoms with E-state index < -0.39 is 0 Å². The lowest BCUT2D eigenvalue weighted by atomic mass is 10.1. The van der Waals surface area contributed by atoms with Crippen molar-refractivity contribution < 1.29 is 14.3 Å². The van der Waals surface area contributed by atoms with Crippen LogP contribution in [-0.2, 0) is 0 Å². The molecular formula is C19H16N2O4. The molecule has 0 radical (unpaired) electrons. The molecule has 1 aliphatic heterocycles. The molecule has 3 aromatic rings. The first-order chi connectivity index (χ1) is 12.1. The molecule has 1 aliphatic rings. The van der Waals surface area contributed by atoms with Crippen LogP contribution in [0, 0.1) is 0 Å². The van der Waals surface area contributed by atoms with Gasteiger partial charge in [-0.3, -0.25) is 9.59 Å². The quantitative estimate of drug-likeness (QED) is 0.771. The third kappa shape index (κ3) is 2.82. The molecule has 2 aromatic carbocycles. The monoisotopic (exact) mass is 336 g/mol. The van der Waals surface area contributed by atoms with Gasteiger partial charge in [0.15, 0.2) is 11.5 Å². The summed E-state index contributed by atoms with van der Waals surface area (Å²) in [6.45, 7) is 2.09. The van der Waals surface area contributed by atoms with Crippen LogP contribution in [0.25, 0.3) is 10.9 Å². The molecule has 4 rings (SSSR count). The second kappa shape index (κ2) is 5.98. The highest BCUT2D eigenvalue weighted by Gasteiger charge is 2.18. The van der Waals surface area contributed by atoms with Gasteiger partial charge in [0, 0.05) is 17.0 Å². The summed E-state index contributed by atoms with van der Waals surface area (Å²) in [6.07, 6.45) is 0. The van der Waals surface area contributed by atoms with Gasteiger partial charge in [-0.2, -0.15) is 0 Å². The van der Waals surface area contributed by atoms with Crippen molar-refractivity contribution in [3.05, 3.63) is 70.0 Å². The van der Waals surface area contributed by atoms with E-state index in [1.165, 1.54) is 6.07 Å². The third-order valence-corrected chi connectivity index (χ3v) is 4.24. The number of rotatable bonds is 3. The second-order valence-electron chi connectivity index (χ2n) is 5.90.